The van der Waals surface area contributed by atoms with Gasteiger partial charge in [0.05, 0.1) is 12.6 Å². The summed E-state index contributed by atoms with van der Waals surface area (Å²) < 4.78 is 0. The zero-order chi connectivity index (χ0) is 13.8. The number of benzene rings is 1. The second-order valence-corrected chi connectivity index (χ2v) is 5.64. The summed E-state index contributed by atoms with van der Waals surface area (Å²) in [6.45, 7) is 5.28. The lowest BCUT2D eigenvalue weighted by molar-refractivity contribution is 0.0879. The molecule has 3 heteroatoms. The maximum absolute atomic E-state index is 12.2. The fraction of sp³-hybridized carbons (Fsp3) is 0.562. The van der Waals surface area contributed by atoms with Gasteiger partial charge in [-0.25, -0.2) is 0 Å². The van der Waals surface area contributed by atoms with E-state index in [1.807, 2.05) is 38.1 Å². The first-order chi connectivity index (χ1) is 9.06. The average Bonchev–Trinajstić information content (AvgIpc) is 2.76. The first-order valence-corrected chi connectivity index (χ1v) is 7.08. The standard InChI is InChI=1S/C16H23NO2/c1-12-5-7-14(8-6-12)16(19)11-17-9-3-4-15(17)10-13(2)18/h5-8,13,15,18H,3-4,9-11H2,1-2H3. The molecule has 1 fully saturated rings. The quantitative estimate of drug-likeness (QED) is 0.828. The Morgan fingerprint density at radius 1 is 1.42 bits per heavy atom. The van der Waals surface area contributed by atoms with E-state index in [0.717, 1.165) is 31.4 Å². The Morgan fingerprint density at radius 3 is 2.74 bits per heavy atom. The second-order valence-electron chi connectivity index (χ2n) is 5.64. The van der Waals surface area contributed by atoms with Crippen LogP contribution in [0.3, 0.4) is 0 Å². The molecule has 104 valence electrons. The fourth-order valence-corrected chi connectivity index (χ4v) is 2.78. The van der Waals surface area contributed by atoms with E-state index in [0.29, 0.717) is 12.6 Å². The molecule has 0 saturated carbocycles. The lowest BCUT2D eigenvalue weighted by Gasteiger charge is -2.24. The zero-order valence-electron chi connectivity index (χ0n) is 11.8. The summed E-state index contributed by atoms with van der Waals surface area (Å²) in [7, 11) is 0. The summed E-state index contributed by atoms with van der Waals surface area (Å²) in [5.41, 5.74) is 1.96. The summed E-state index contributed by atoms with van der Waals surface area (Å²) in [6, 6.07) is 8.11. The molecule has 1 N–H and O–H groups in total. The highest BCUT2D eigenvalue weighted by atomic mass is 16.3. The van der Waals surface area contributed by atoms with E-state index in [1.54, 1.807) is 0 Å². The van der Waals surface area contributed by atoms with Crippen LogP contribution in [0, 0.1) is 6.92 Å². The molecular formula is C16H23NO2. The number of ketones is 1. The largest absolute Gasteiger partial charge is 0.393 e. The Kier molecular flexibility index (Phi) is 4.72. The number of aliphatic hydroxyl groups excluding tert-OH is 1. The van der Waals surface area contributed by atoms with Crippen molar-refractivity contribution in [3.63, 3.8) is 0 Å². The van der Waals surface area contributed by atoms with Crippen LogP contribution < -0.4 is 0 Å². The van der Waals surface area contributed by atoms with Crippen molar-refractivity contribution in [3.8, 4) is 0 Å². The van der Waals surface area contributed by atoms with Crippen LogP contribution in [0.2, 0.25) is 0 Å². The molecule has 2 atom stereocenters. The Labute approximate surface area is 115 Å². The molecule has 1 aromatic rings. The number of rotatable bonds is 5. The van der Waals surface area contributed by atoms with Crippen molar-refractivity contribution >= 4 is 5.78 Å². The van der Waals surface area contributed by atoms with Gasteiger partial charge in [-0.05, 0) is 39.7 Å². The molecule has 0 aromatic heterocycles. The number of aryl methyl sites for hydroxylation is 1. The molecule has 3 nitrogen and oxygen atoms in total. The van der Waals surface area contributed by atoms with Crippen LogP contribution in [0.15, 0.2) is 24.3 Å². The first-order valence-electron chi connectivity index (χ1n) is 7.08. The van der Waals surface area contributed by atoms with Gasteiger partial charge in [0.2, 0.25) is 0 Å². The number of likely N-dealkylation sites (tertiary alicyclic amines) is 1. The summed E-state index contributed by atoms with van der Waals surface area (Å²) in [6.07, 6.45) is 2.69. The van der Waals surface area contributed by atoms with E-state index < -0.39 is 0 Å². The summed E-state index contributed by atoms with van der Waals surface area (Å²) in [5, 5.41) is 9.50. The molecule has 1 aliphatic heterocycles. The van der Waals surface area contributed by atoms with Crippen LogP contribution in [-0.2, 0) is 0 Å². The molecule has 1 heterocycles. The third-order valence-electron chi connectivity index (χ3n) is 3.83. The van der Waals surface area contributed by atoms with E-state index >= 15 is 0 Å². The molecule has 19 heavy (non-hydrogen) atoms. The summed E-state index contributed by atoms with van der Waals surface area (Å²) in [5.74, 6) is 0.178. The minimum Gasteiger partial charge on any atom is -0.393 e. The third kappa shape index (κ3) is 3.88. The number of nitrogens with zero attached hydrogens (tertiary/aromatic N) is 1. The van der Waals surface area contributed by atoms with Gasteiger partial charge in [-0.15, -0.1) is 0 Å². The molecule has 1 saturated heterocycles. The Hall–Kier alpha value is -1.19. The zero-order valence-corrected chi connectivity index (χ0v) is 11.8. The van der Waals surface area contributed by atoms with E-state index in [1.165, 1.54) is 5.56 Å². The number of aliphatic hydroxyl groups is 1. The van der Waals surface area contributed by atoms with Crippen molar-refractivity contribution in [2.24, 2.45) is 0 Å². The predicted molar refractivity (Wildman–Crippen MR) is 76.4 cm³/mol. The molecule has 0 bridgehead atoms. The maximum atomic E-state index is 12.2. The highest BCUT2D eigenvalue weighted by Gasteiger charge is 2.27. The van der Waals surface area contributed by atoms with Crippen molar-refractivity contribution < 1.29 is 9.90 Å². The average molecular weight is 261 g/mol. The Morgan fingerprint density at radius 2 is 2.11 bits per heavy atom. The molecular weight excluding hydrogens is 238 g/mol. The van der Waals surface area contributed by atoms with Crippen LogP contribution in [0.1, 0.15) is 42.1 Å². The van der Waals surface area contributed by atoms with E-state index in [-0.39, 0.29) is 11.9 Å². The van der Waals surface area contributed by atoms with Gasteiger partial charge in [-0.2, -0.15) is 0 Å². The molecule has 0 radical (unpaired) electrons. The van der Waals surface area contributed by atoms with Gasteiger partial charge >= 0.3 is 0 Å². The van der Waals surface area contributed by atoms with Gasteiger partial charge < -0.3 is 5.11 Å². The van der Waals surface area contributed by atoms with Gasteiger partial charge in [0.15, 0.2) is 5.78 Å². The second kappa shape index (κ2) is 6.31. The molecule has 2 unspecified atom stereocenters. The maximum Gasteiger partial charge on any atom is 0.176 e. The number of Topliss-reactive ketones (excluding diaryl/α,β-unsaturated/α-hetero) is 1. The monoisotopic (exact) mass is 261 g/mol. The highest BCUT2D eigenvalue weighted by molar-refractivity contribution is 5.97. The third-order valence-corrected chi connectivity index (χ3v) is 3.83. The number of hydrogen-bond donors (Lipinski definition) is 1. The van der Waals surface area contributed by atoms with Crippen LogP contribution in [0.4, 0.5) is 0 Å². The van der Waals surface area contributed by atoms with Gasteiger partial charge in [-0.1, -0.05) is 29.8 Å². The Balaban J connectivity index is 1.96. The summed E-state index contributed by atoms with van der Waals surface area (Å²) in [4.78, 5) is 14.5. The minimum atomic E-state index is -0.292. The minimum absolute atomic E-state index is 0.178. The molecule has 0 aliphatic carbocycles. The Bertz CT molecular complexity index is 425. The smallest absolute Gasteiger partial charge is 0.176 e. The van der Waals surface area contributed by atoms with E-state index in [9.17, 15) is 9.90 Å². The van der Waals surface area contributed by atoms with Crippen LogP contribution in [0.5, 0.6) is 0 Å². The van der Waals surface area contributed by atoms with Crippen molar-refractivity contribution in [3.05, 3.63) is 35.4 Å². The van der Waals surface area contributed by atoms with Crippen LogP contribution in [-0.4, -0.2) is 41.0 Å². The lowest BCUT2D eigenvalue weighted by Crippen LogP contribution is -2.36. The van der Waals surface area contributed by atoms with E-state index in [4.69, 9.17) is 0 Å². The fourth-order valence-electron chi connectivity index (χ4n) is 2.78. The van der Waals surface area contributed by atoms with Crippen molar-refractivity contribution in [1.29, 1.82) is 0 Å². The number of hydrogen-bond acceptors (Lipinski definition) is 3. The van der Waals surface area contributed by atoms with Gasteiger partial charge in [-0.3, -0.25) is 9.69 Å². The SMILES string of the molecule is Cc1ccc(C(=O)CN2CCCC2CC(C)O)cc1. The van der Waals surface area contributed by atoms with Gasteiger partial charge in [0.25, 0.3) is 0 Å². The molecule has 2 rings (SSSR count). The van der Waals surface area contributed by atoms with Gasteiger partial charge in [0.1, 0.15) is 0 Å². The highest BCUT2D eigenvalue weighted by Crippen LogP contribution is 2.21. The predicted octanol–water partition coefficient (Wildman–Crippen LogP) is 2.41. The number of carbonyl (C=O) groups excluding carboxylic acids is 1. The van der Waals surface area contributed by atoms with Crippen molar-refractivity contribution in [2.45, 2.75) is 45.3 Å². The molecule has 1 aliphatic rings. The van der Waals surface area contributed by atoms with Crippen molar-refractivity contribution in [1.82, 2.24) is 4.90 Å². The first kappa shape index (κ1) is 14.2. The van der Waals surface area contributed by atoms with Crippen LogP contribution in [0.25, 0.3) is 0 Å². The lowest BCUT2D eigenvalue weighted by atomic mass is 10.1. The normalized spacial score (nSPS) is 21.5. The van der Waals surface area contributed by atoms with Crippen LogP contribution >= 0.6 is 0 Å². The molecule has 0 amide bonds. The van der Waals surface area contributed by atoms with Crippen molar-refractivity contribution in [2.75, 3.05) is 13.1 Å². The van der Waals surface area contributed by atoms with Gasteiger partial charge in [0, 0.05) is 11.6 Å². The van der Waals surface area contributed by atoms with E-state index in [2.05, 4.69) is 4.90 Å². The molecule has 1 aromatic carbocycles. The topological polar surface area (TPSA) is 40.5 Å². The molecule has 0 spiro atoms. The summed E-state index contributed by atoms with van der Waals surface area (Å²) >= 11 is 0. The number of carbonyl (C=O) groups is 1.